The van der Waals surface area contributed by atoms with Crippen LogP contribution in [0.2, 0.25) is 0 Å². The second-order valence-corrected chi connectivity index (χ2v) is 17.9. The fraction of sp³-hybridized carbons (Fsp3) is 0.420. The molecule has 1 aliphatic heterocycles. The maximum absolute atomic E-state index is 13.2. The molecule has 5 aromatic rings. The van der Waals surface area contributed by atoms with Crippen molar-refractivity contribution in [2.45, 2.75) is 95.6 Å². The number of aliphatic hydroxyl groups excluding tert-OH is 1. The van der Waals surface area contributed by atoms with Crippen molar-refractivity contribution < 1.29 is 19.4 Å². The Morgan fingerprint density at radius 3 is 2.18 bits per heavy atom. The Kier molecular flexibility index (Phi) is 10.7. The number of urea groups is 1. The third kappa shape index (κ3) is 8.13. The maximum Gasteiger partial charge on any atom is 0.315 e. The monoisotopic (exact) mass is 763 g/mol. The molecule has 1 saturated heterocycles. The van der Waals surface area contributed by atoms with Gasteiger partial charge in [0.1, 0.15) is 0 Å². The Balaban J connectivity index is 0.911. The van der Waals surface area contributed by atoms with Crippen LogP contribution in [0, 0.1) is 23.7 Å². The molecule has 4 aliphatic carbocycles. The standard InChI is InChI=1S/C50H57N3O4/c1-32-46(30-53(3)33(2)41-19-18-39-9-4-5-10-43(39)24-41)56-48(57-47(32)40-16-14-34(31-54)15-17-40)45-13-7-12-44(25-45)42-11-6-8-35(23-42)29-51-49(55)52-50-26-36-20-37(27-50)22-38(21-36)28-50/h4-19,23-25,32-33,36-38,46-48,54H,20-22,26-31H2,1-3H3,(H2,51,52,55). The smallest absolute Gasteiger partial charge is 0.315 e. The lowest BCUT2D eigenvalue weighted by molar-refractivity contribution is -0.276. The normalized spacial score (nSPS) is 28.4. The average Bonchev–Trinajstić information content (AvgIpc) is 3.22. The van der Waals surface area contributed by atoms with Gasteiger partial charge >= 0.3 is 6.03 Å². The van der Waals surface area contributed by atoms with Crippen molar-refractivity contribution in [3.8, 4) is 11.1 Å². The minimum absolute atomic E-state index is 0.00599. The molecule has 296 valence electrons. The van der Waals surface area contributed by atoms with Crippen LogP contribution in [-0.2, 0) is 22.6 Å². The predicted octanol–water partition coefficient (Wildman–Crippen LogP) is 10.3. The molecule has 0 spiro atoms. The highest BCUT2D eigenvalue weighted by Crippen LogP contribution is 2.55. The first-order valence-electron chi connectivity index (χ1n) is 21.2. The van der Waals surface area contributed by atoms with Gasteiger partial charge in [-0.05, 0) is 133 Å². The summed E-state index contributed by atoms with van der Waals surface area (Å²) in [7, 11) is 2.18. The molecular formula is C50H57N3O4. The molecule has 3 N–H and O–H groups in total. The summed E-state index contributed by atoms with van der Waals surface area (Å²) in [4.78, 5) is 15.6. The van der Waals surface area contributed by atoms with E-state index in [2.05, 4.69) is 140 Å². The van der Waals surface area contributed by atoms with E-state index in [1.165, 1.54) is 35.6 Å². The van der Waals surface area contributed by atoms with Gasteiger partial charge in [0.25, 0.3) is 0 Å². The van der Waals surface area contributed by atoms with E-state index in [1.54, 1.807) is 0 Å². The van der Waals surface area contributed by atoms with E-state index in [9.17, 15) is 9.90 Å². The van der Waals surface area contributed by atoms with Crippen LogP contribution >= 0.6 is 0 Å². The number of aliphatic hydroxyl groups is 1. The molecule has 10 rings (SSSR count). The second-order valence-electron chi connectivity index (χ2n) is 17.9. The molecule has 2 amide bonds. The maximum atomic E-state index is 13.2. The number of amides is 2. The molecule has 4 saturated carbocycles. The Morgan fingerprint density at radius 1 is 0.772 bits per heavy atom. The highest BCUT2D eigenvalue weighted by atomic mass is 16.7. The zero-order chi connectivity index (χ0) is 39.1. The first-order chi connectivity index (χ1) is 27.7. The Bertz CT molecular complexity index is 2170. The fourth-order valence-corrected chi connectivity index (χ4v) is 10.9. The van der Waals surface area contributed by atoms with Crippen LogP contribution in [0.4, 0.5) is 4.79 Å². The number of fused-ring (bicyclic) bond motifs is 1. The lowest BCUT2D eigenvalue weighted by Crippen LogP contribution is -2.61. The number of nitrogens with one attached hydrogen (secondary N) is 2. The van der Waals surface area contributed by atoms with Crippen molar-refractivity contribution in [2.75, 3.05) is 13.6 Å². The van der Waals surface area contributed by atoms with Crippen molar-refractivity contribution >= 4 is 16.8 Å². The first-order valence-corrected chi connectivity index (χ1v) is 21.2. The number of hydrogen-bond acceptors (Lipinski definition) is 5. The van der Waals surface area contributed by atoms with Gasteiger partial charge in [0.05, 0.1) is 18.8 Å². The van der Waals surface area contributed by atoms with Gasteiger partial charge in [0.2, 0.25) is 0 Å². The van der Waals surface area contributed by atoms with Gasteiger partial charge < -0.3 is 25.2 Å². The van der Waals surface area contributed by atoms with E-state index in [1.807, 2.05) is 12.1 Å². The predicted molar refractivity (Wildman–Crippen MR) is 226 cm³/mol. The van der Waals surface area contributed by atoms with Crippen LogP contribution in [0.1, 0.15) is 98.6 Å². The van der Waals surface area contributed by atoms with E-state index in [0.29, 0.717) is 6.54 Å². The van der Waals surface area contributed by atoms with E-state index >= 15 is 0 Å². The first kappa shape index (κ1) is 38.0. The van der Waals surface area contributed by atoms with E-state index in [-0.39, 0.29) is 42.3 Å². The third-order valence-electron chi connectivity index (χ3n) is 13.8. The molecule has 5 fully saturated rings. The van der Waals surface area contributed by atoms with Gasteiger partial charge in [-0.1, -0.05) is 104 Å². The molecule has 5 aliphatic rings. The Morgan fingerprint density at radius 2 is 1.46 bits per heavy atom. The number of rotatable bonds is 11. The van der Waals surface area contributed by atoms with Gasteiger partial charge in [0.15, 0.2) is 6.29 Å². The minimum Gasteiger partial charge on any atom is -0.392 e. The molecule has 1 heterocycles. The number of hydrogen-bond donors (Lipinski definition) is 3. The molecule has 7 nitrogen and oxygen atoms in total. The van der Waals surface area contributed by atoms with Crippen molar-refractivity contribution in [1.82, 2.24) is 15.5 Å². The summed E-state index contributed by atoms with van der Waals surface area (Å²) in [6.45, 7) is 5.69. The Labute approximate surface area is 337 Å². The summed E-state index contributed by atoms with van der Waals surface area (Å²) in [6, 6.07) is 40.4. The van der Waals surface area contributed by atoms with E-state index < -0.39 is 6.29 Å². The molecule has 57 heavy (non-hydrogen) atoms. The summed E-state index contributed by atoms with van der Waals surface area (Å²) in [5.41, 5.74) is 7.40. The zero-order valence-electron chi connectivity index (χ0n) is 33.6. The van der Waals surface area contributed by atoms with Crippen molar-refractivity contribution in [1.29, 1.82) is 0 Å². The molecule has 5 unspecified atom stereocenters. The molecule has 5 atom stereocenters. The summed E-state index contributed by atoms with van der Waals surface area (Å²) < 4.78 is 13.8. The van der Waals surface area contributed by atoms with Crippen LogP contribution < -0.4 is 10.6 Å². The van der Waals surface area contributed by atoms with Crippen LogP contribution in [0.15, 0.2) is 115 Å². The molecule has 7 heteroatoms. The van der Waals surface area contributed by atoms with Crippen LogP contribution in [0.5, 0.6) is 0 Å². The molecule has 4 bridgehead atoms. The number of nitrogens with zero attached hydrogens (tertiary/aromatic N) is 1. The molecule has 0 radical (unpaired) electrons. The quantitative estimate of drug-likeness (QED) is 0.125. The van der Waals surface area contributed by atoms with E-state index in [4.69, 9.17) is 9.47 Å². The van der Waals surface area contributed by atoms with Crippen molar-refractivity contribution in [3.63, 3.8) is 0 Å². The number of ether oxygens (including phenoxy) is 2. The van der Waals surface area contributed by atoms with Gasteiger partial charge in [-0.2, -0.15) is 0 Å². The number of likely N-dealkylation sites (N-methyl/N-ethyl adjacent to an activating group) is 1. The van der Waals surface area contributed by atoms with Gasteiger partial charge in [-0.25, -0.2) is 4.79 Å². The topological polar surface area (TPSA) is 83.1 Å². The summed E-state index contributed by atoms with van der Waals surface area (Å²) >= 11 is 0. The molecular weight excluding hydrogens is 707 g/mol. The van der Waals surface area contributed by atoms with Gasteiger partial charge in [-0.3, -0.25) is 4.90 Å². The zero-order valence-corrected chi connectivity index (χ0v) is 33.6. The summed E-state index contributed by atoms with van der Waals surface area (Å²) in [5.74, 6) is 2.44. The number of carbonyl (C=O) groups excluding carboxylic acids is 1. The van der Waals surface area contributed by atoms with E-state index in [0.717, 1.165) is 76.9 Å². The SMILES string of the molecule is CC1C(CN(C)C(C)c2ccc3ccccc3c2)OC(c2cccc(-c3cccc(CNC(=O)NC45CC6CC(CC(C6)C4)C5)c3)c2)OC1c1ccc(CO)cc1. The molecule has 5 aromatic carbocycles. The van der Waals surface area contributed by atoms with Crippen molar-refractivity contribution in [2.24, 2.45) is 23.7 Å². The largest absolute Gasteiger partial charge is 0.392 e. The highest BCUT2D eigenvalue weighted by Gasteiger charge is 2.51. The average molecular weight is 764 g/mol. The lowest BCUT2D eigenvalue weighted by atomic mass is 9.53. The van der Waals surface area contributed by atoms with Crippen LogP contribution in [-0.4, -0.2) is 41.3 Å². The number of carbonyl (C=O) groups is 1. The minimum atomic E-state index is -0.573. The van der Waals surface area contributed by atoms with Gasteiger partial charge in [-0.15, -0.1) is 0 Å². The second kappa shape index (κ2) is 16.0. The fourth-order valence-electron chi connectivity index (χ4n) is 10.9. The van der Waals surface area contributed by atoms with Gasteiger partial charge in [0, 0.05) is 36.2 Å². The Hall–Kier alpha value is -4.53. The summed E-state index contributed by atoms with van der Waals surface area (Å²) in [6.07, 6.45) is 6.62. The van der Waals surface area contributed by atoms with Crippen LogP contribution in [0.3, 0.4) is 0 Å². The van der Waals surface area contributed by atoms with Crippen molar-refractivity contribution in [3.05, 3.63) is 143 Å². The third-order valence-corrected chi connectivity index (χ3v) is 13.8. The lowest BCUT2D eigenvalue weighted by Gasteiger charge is -2.56. The highest BCUT2D eigenvalue weighted by molar-refractivity contribution is 5.83. The number of benzene rings is 5. The molecule has 0 aromatic heterocycles. The van der Waals surface area contributed by atoms with Crippen LogP contribution in [0.25, 0.3) is 21.9 Å². The summed E-state index contributed by atoms with van der Waals surface area (Å²) in [5, 5.41) is 18.9.